The van der Waals surface area contributed by atoms with Gasteiger partial charge in [-0.2, -0.15) is 0 Å². The highest BCUT2D eigenvalue weighted by atomic mass is 16.5. The lowest BCUT2D eigenvalue weighted by molar-refractivity contribution is 0.316. The van der Waals surface area contributed by atoms with E-state index in [1.807, 2.05) is 18.2 Å². The Balaban J connectivity index is 1.79. The molecule has 2 rings (SSSR count). The Bertz CT molecular complexity index is 540. The number of rotatable bonds is 7. The van der Waals surface area contributed by atoms with Crippen LogP contribution in [0.15, 0.2) is 54.6 Å². The van der Waals surface area contributed by atoms with Gasteiger partial charge in [-0.3, -0.25) is 0 Å². The highest BCUT2D eigenvalue weighted by molar-refractivity contribution is 5.31. The third kappa shape index (κ3) is 4.79. The summed E-state index contributed by atoms with van der Waals surface area (Å²) in [6, 6.07) is 18.7. The molecule has 0 aliphatic rings. The van der Waals surface area contributed by atoms with Crippen LogP contribution in [0.25, 0.3) is 0 Å². The highest BCUT2D eigenvalue weighted by Gasteiger charge is 1.97. The molecule has 1 N–H and O–H groups in total. The van der Waals surface area contributed by atoms with Crippen molar-refractivity contribution in [2.24, 2.45) is 0 Å². The molecule has 0 fully saturated rings. The summed E-state index contributed by atoms with van der Waals surface area (Å²) in [6.07, 6.45) is 6.10. The number of ether oxygens (including phenoxy) is 1. The van der Waals surface area contributed by atoms with Crippen LogP contribution in [0.4, 0.5) is 0 Å². The van der Waals surface area contributed by atoms with Crippen molar-refractivity contribution in [2.45, 2.75) is 6.42 Å². The third-order valence-corrected chi connectivity index (χ3v) is 2.95. The van der Waals surface area contributed by atoms with Crippen LogP contribution in [0.3, 0.4) is 0 Å². The zero-order valence-corrected chi connectivity index (χ0v) is 11.5. The van der Waals surface area contributed by atoms with Gasteiger partial charge < -0.3 is 10.1 Å². The highest BCUT2D eigenvalue weighted by Crippen LogP contribution is 2.15. The minimum absolute atomic E-state index is 0.583. The summed E-state index contributed by atoms with van der Waals surface area (Å²) in [4.78, 5) is 0. The number of terminal acetylenes is 1. The lowest BCUT2D eigenvalue weighted by Crippen LogP contribution is -2.21. The van der Waals surface area contributed by atoms with Crippen LogP contribution in [-0.4, -0.2) is 19.7 Å². The molecular formula is C18H19NO. The monoisotopic (exact) mass is 265 g/mol. The minimum atomic E-state index is 0.583. The van der Waals surface area contributed by atoms with E-state index >= 15 is 0 Å². The number of hydrogen-bond acceptors (Lipinski definition) is 2. The Morgan fingerprint density at radius 2 is 1.65 bits per heavy atom. The van der Waals surface area contributed by atoms with Gasteiger partial charge in [-0.15, -0.1) is 6.42 Å². The maximum absolute atomic E-state index is 5.63. The van der Waals surface area contributed by atoms with E-state index in [1.54, 1.807) is 0 Å². The van der Waals surface area contributed by atoms with E-state index in [9.17, 15) is 0 Å². The molecule has 0 atom stereocenters. The molecule has 0 aliphatic heterocycles. The molecule has 0 spiro atoms. The Kier molecular flexibility index (Phi) is 5.70. The fourth-order valence-electron chi connectivity index (χ4n) is 1.94. The molecule has 0 aliphatic carbocycles. The summed E-state index contributed by atoms with van der Waals surface area (Å²) >= 11 is 0. The van der Waals surface area contributed by atoms with Crippen LogP contribution in [-0.2, 0) is 6.42 Å². The van der Waals surface area contributed by atoms with Crippen LogP contribution >= 0.6 is 0 Å². The predicted octanol–water partition coefficient (Wildman–Crippen LogP) is 2.88. The van der Waals surface area contributed by atoms with Gasteiger partial charge in [0.25, 0.3) is 0 Å². The molecule has 0 saturated heterocycles. The average Bonchev–Trinajstić information content (AvgIpc) is 2.50. The first-order chi connectivity index (χ1) is 9.88. The van der Waals surface area contributed by atoms with Gasteiger partial charge in [0.2, 0.25) is 0 Å². The molecule has 102 valence electrons. The Hall–Kier alpha value is -2.24. The van der Waals surface area contributed by atoms with E-state index in [-0.39, 0.29) is 0 Å². The van der Waals surface area contributed by atoms with Gasteiger partial charge in [0.15, 0.2) is 0 Å². The van der Waals surface area contributed by atoms with Gasteiger partial charge in [0, 0.05) is 6.54 Å². The summed E-state index contributed by atoms with van der Waals surface area (Å²) in [7, 11) is 0. The molecule has 2 nitrogen and oxygen atoms in total. The lowest BCUT2D eigenvalue weighted by atomic mass is 10.1. The molecule has 0 aromatic heterocycles. The van der Waals surface area contributed by atoms with Crippen molar-refractivity contribution in [3.63, 3.8) is 0 Å². The predicted molar refractivity (Wildman–Crippen MR) is 82.9 cm³/mol. The first kappa shape index (κ1) is 14.2. The molecule has 2 heteroatoms. The standard InChI is InChI=1S/C18H19NO/c1-2-12-19-13-14-20-18-10-8-17(9-11-18)15-16-6-4-3-5-7-16/h1,3-11,19H,12-15H2. The molecule has 0 unspecified atom stereocenters. The van der Waals surface area contributed by atoms with Gasteiger partial charge in [-0.1, -0.05) is 48.4 Å². The van der Waals surface area contributed by atoms with E-state index in [2.05, 4.69) is 47.6 Å². The summed E-state index contributed by atoms with van der Waals surface area (Å²) < 4.78 is 5.63. The van der Waals surface area contributed by atoms with Crippen molar-refractivity contribution in [3.8, 4) is 18.1 Å². The molecule has 0 amide bonds. The Morgan fingerprint density at radius 3 is 2.35 bits per heavy atom. The molecule has 2 aromatic rings. The maximum Gasteiger partial charge on any atom is 0.119 e. The van der Waals surface area contributed by atoms with E-state index in [4.69, 9.17) is 11.2 Å². The summed E-state index contributed by atoms with van der Waals surface area (Å²) in [5.41, 5.74) is 2.61. The van der Waals surface area contributed by atoms with Crippen LogP contribution in [0.1, 0.15) is 11.1 Å². The van der Waals surface area contributed by atoms with Crippen molar-refractivity contribution in [1.82, 2.24) is 5.32 Å². The van der Waals surface area contributed by atoms with E-state index in [0.717, 1.165) is 18.7 Å². The number of benzene rings is 2. The smallest absolute Gasteiger partial charge is 0.119 e. The zero-order chi connectivity index (χ0) is 14.0. The summed E-state index contributed by atoms with van der Waals surface area (Å²) in [6.45, 7) is 1.97. The van der Waals surface area contributed by atoms with Crippen molar-refractivity contribution >= 4 is 0 Å². The molecule has 0 heterocycles. The van der Waals surface area contributed by atoms with Crippen LogP contribution in [0, 0.1) is 12.3 Å². The van der Waals surface area contributed by atoms with E-state index < -0.39 is 0 Å². The van der Waals surface area contributed by atoms with Crippen molar-refractivity contribution in [3.05, 3.63) is 65.7 Å². The van der Waals surface area contributed by atoms with Gasteiger partial charge in [-0.05, 0) is 29.7 Å². The third-order valence-electron chi connectivity index (χ3n) is 2.95. The summed E-state index contributed by atoms with van der Waals surface area (Å²) in [5.74, 6) is 3.42. The average molecular weight is 265 g/mol. The topological polar surface area (TPSA) is 21.3 Å². The second-order valence-corrected chi connectivity index (χ2v) is 4.54. The second-order valence-electron chi connectivity index (χ2n) is 4.54. The molecule has 0 saturated carbocycles. The van der Waals surface area contributed by atoms with Crippen LogP contribution in [0.5, 0.6) is 5.75 Å². The van der Waals surface area contributed by atoms with Gasteiger partial charge in [0.1, 0.15) is 12.4 Å². The van der Waals surface area contributed by atoms with Crippen LogP contribution < -0.4 is 10.1 Å². The quantitative estimate of drug-likeness (QED) is 0.614. The first-order valence-electron chi connectivity index (χ1n) is 6.78. The Labute approximate surface area is 120 Å². The van der Waals surface area contributed by atoms with Gasteiger partial charge >= 0.3 is 0 Å². The van der Waals surface area contributed by atoms with Crippen LogP contribution in [0.2, 0.25) is 0 Å². The number of hydrogen-bond donors (Lipinski definition) is 1. The first-order valence-corrected chi connectivity index (χ1v) is 6.78. The summed E-state index contributed by atoms with van der Waals surface area (Å²) in [5, 5.41) is 3.09. The van der Waals surface area contributed by atoms with E-state index in [0.29, 0.717) is 13.2 Å². The molecule has 0 bridgehead atoms. The number of nitrogens with one attached hydrogen (secondary N) is 1. The van der Waals surface area contributed by atoms with Gasteiger partial charge in [-0.25, -0.2) is 0 Å². The molecular weight excluding hydrogens is 246 g/mol. The van der Waals surface area contributed by atoms with E-state index in [1.165, 1.54) is 11.1 Å². The zero-order valence-electron chi connectivity index (χ0n) is 11.5. The second kappa shape index (κ2) is 8.04. The fraction of sp³-hybridized carbons (Fsp3) is 0.222. The molecule has 20 heavy (non-hydrogen) atoms. The molecule has 0 radical (unpaired) electrons. The largest absolute Gasteiger partial charge is 0.492 e. The maximum atomic E-state index is 5.63. The SMILES string of the molecule is C#CCNCCOc1ccc(Cc2ccccc2)cc1. The Morgan fingerprint density at radius 1 is 0.950 bits per heavy atom. The lowest BCUT2D eigenvalue weighted by Gasteiger charge is -2.07. The minimum Gasteiger partial charge on any atom is -0.492 e. The molecule has 2 aromatic carbocycles. The van der Waals surface area contributed by atoms with Gasteiger partial charge in [0.05, 0.1) is 6.54 Å². The fourth-order valence-corrected chi connectivity index (χ4v) is 1.94. The van der Waals surface area contributed by atoms with Crippen molar-refractivity contribution in [1.29, 1.82) is 0 Å². The van der Waals surface area contributed by atoms with Crippen molar-refractivity contribution < 1.29 is 4.74 Å². The van der Waals surface area contributed by atoms with Crippen molar-refractivity contribution in [2.75, 3.05) is 19.7 Å². The normalized spacial score (nSPS) is 9.95.